The van der Waals surface area contributed by atoms with Crippen LogP contribution >= 0.6 is 0 Å². The normalized spacial score (nSPS) is 20.6. The molecule has 1 heterocycles. The molecule has 0 spiro atoms. The maximum Gasteiger partial charge on any atom is 0.193 e. The zero-order chi connectivity index (χ0) is 16.9. The zero-order valence-electron chi connectivity index (χ0n) is 14.7. The molecule has 0 aliphatic carbocycles. The Morgan fingerprint density at radius 1 is 1.35 bits per heavy atom. The van der Waals surface area contributed by atoms with Crippen LogP contribution in [-0.4, -0.2) is 52.3 Å². The second-order valence-corrected chi connectivity index (χ2v) is 9.30. The van der Waals surface area contributed by atoms with Crippen molar-refractivity contribution in [2.45, 2.75) is 37.9 Å². The maximum atomic E-state index is 12.1. The van der Waals surface area contributed by atoms with Crippen LogP contribution < -0.4 is 5.32 Å². The first kappa shape index (κ1) is 18.0. The summed E-state index contributed by atoms with van der Waals surface area (Å²) < 4.78 is 12.0. The number of nitrogens with one attached hydrogen (secondary N) is 1. The molecule has 1 aromatic carbocycles. The SMILES string of the molecule is CN=C(NCCS(=O)C(C)(C)C)N1CCC(c2ccccc2)C1. The van der Waals surface area contributed by atoms with Gasteiger partial charge < -0.3 is 10.2 Å². The molecule has 5 heteroatoms. The standard InChI is InChI=1S/C18H29N3OS/c1-18(2,3)23(22)13-11-20-17(19-4)21-12-10-16(14-21)15-8-6-5-7-9-15/h5-9,16H,10-14H2,1-4H3,(H,19,20). The Morgan fingerprint density at radius 3 is 2.65 bits per heavy atom. The van der Waals surface area contributed by atoms with Gasteiger partial charge in [-0.1, -0.05) is 30.3 Å². The summed E-state index contributed by atoms with van der Waals surface area (Å²) in [7, 11) is 0.988. The average molecular weight is 336 g/mol. The molecule has 2 atom stereocenters. The van der Waals surface area contributed by atoms with Crippen LogP contribution in [0.5, 0.6) is 0 Å². The summed E-state index contributed by atoms with van der Waals surface area (Å²) >= 11 is 0. The van der Waals surface area contributed by atoms with Crippen LogP contribution in [0.1, 0.15) is 38.7 Å². The van der Waals surface area contributed by atoms with Crippen molar-refractivity contribution in [3.63, 3.8) is 0 Å². The van der Waals surface area contributed by atoms with E-state index >= 15 is 0 Å². The van der Waals surface area contributed by atoms with Gasteiger partial charge in [0.25, 0.3) is 0 Å². The lowest BCUT2D eigenvalue weighted by Crippen LogP contribution is -2.42. The summed E-state index contributed by atoms with van der Waals surface area (Å²) in [5, 5.41) is 3.37. The minimum absolute atomic E-state index is 0.156. The van der Waals surface area contributed by atoms with Gasteiger partial charge in [-0.05, 0) is 32.8 Å². The molecule has 2 rings (SSSR count). The zero-order valence-corrected chi connectivity index (χ0v) is 15.5. The number of nitrogens with zero attached hydrogens (tertiary/aromatic N) is 2. The van der Waals surface area contributed by atoms with Crippen LogP contribution in [0.15, 0.2) is 35.3 Å². The fourth-order valence-corrected chi connectivity index (χ4v) is 3.74. The molecule has 2 unspecified atom stereocenters. The second-order valence-electron chi connectivity index (χ2n) is 6.98. The van der Waals surface area contributed by atoms with Gasteiger partial charge in [-0.25, -0.2) is 0 Å². The van der Waals surface area contributed by atoms with Crippen molar-refractivity contribution in [3.8, 4) is 0 Å². The summed E-state index contributed by atoms with van der Waals surface area (Å²) in [4.78, 5) is 6.69. The lowest BCUT2D eigenvalue weighted by Gasteiger charge is -2.23. The van der Waals surface area contributed by atoms with E-state index in [2.05, 4.69) is 45.5 Å². The first-order chi connectivity index (χ1) is 10.9. The molecule has 1 N–H and O–H groups in total. The molecule has 4 nitrogen and oxygen atoms in total. The summed E-state index contributed by atoms with van der Waals surface area (Å²) in [6.07, 6.45) is 1.15. The molecule has 1 aromatic rings. The van der Waals surface area contributed by atoms with Crippen molar-refractivity contribution in [2.24, 2.45) is 4.99 Å². The molecule has 23 heavy (non-hydrogen) atoms. The quantitative estimate of drug-likeness (QED) is 0.679. The highest BCUT2D eigenvalue weighted by Crippen LogP contribution is 2.26. The van der Waals surface area contributed by atoms with E-state index in [4.69, 9.17) is 0 Å². The van der Waals surface area contributed by atoms with E-state index in [1.807, 2.05) is 27.8 Å². The minimum Gasteiger partial charge on any atom is -0.355 e. The van der Waals surface area contributed by atoms with Crippen LogP contribution in [0.2, 0.25) is 0 Å². The van der Waals surface area contributed by atoms with Gasteiger partial charge in [-0.3, -0.25) is 9.20 Å². The minimum atomic E-state index is -0.830. The van der Waals surface area contributed by atoms with Gasteiger partial charge in [-0.15, -0.1) is 0 Å². The number of guanidine groups is 1. The molecule has 1 aliphatic rings. The Labute approximate surface area is 142 Å². The summed E-state index contributed by atoms with van der Waals surface area (Å²) in [5.41, 5.74) is 1.40. The van der Waals surface area contributed by atoms with Gasteiger partial charge in [0, 0.05) is 53.9 Å². The van der Waals surface area contributed by atoms with Crippen molar-refractivity contribution in [2.75, 3.05) is 32.4 Å². The Hall–Kier alpha value is -1.36. The number of hydrogen-bond acceptors (Lipinski definition) is 2. The van der Waals surface area contributed by atoms with Crippen LogP contribution in [-0.2, 0) is 10.8 Å². The highest BCUT2D eigenvalue weighted by Gasteiger charge is 2.26. The molecule has 1 fully saturated rings. The van der Waals surface area contributed by atoms with E-state index < -0.39 is 10.8 Å². The Morgan fingerprint density at radius 2 is 2.04 bits per heavy atom. The molecule has 0 amide bonds. The predicted octanol–water partition coefficient (Wildman–Crippen LogP) is 2.60. The van der Waals surface area contributed by atoms with Crippen LogP contribution in [0, 0.1) is 0 Å². The fourth-order valence-electron chi connectivity index (χ4n) is 2.84. The summed E-state index contributed by atoms with van der Waals surface area (Å²) in [5.74, 6) is 2.14. The molecular weight excluding hydrogens is 306 g/mol. The third-order valence-corrected chi connectivity index (χ3v) is 6.17. The molecule has 1 saturated heterocycles. The third kappa shape index (κ3) is 5.06. The van der Waals surface area contributed by atoms with E-state index in [-0.39, 0.29) is 4.75 Å². The lowest BCUT2D eigenvalue weighted by atomic mass is 9.99. The van der Waals surface area contributed by atoms with Crippen molar-refractivity contribution < 1.29 is 4.21 Å². The molecule has 0 aromatic heterocycles. The Kier molecular flexibility index (Phi) is 6.22. The van der Waals surface area contributed by atoms with E-state index in [1.165, 1.54) is 5.56 Å². The monoisotopic (exact) mass is 335 g/mol. The maximum absolute atomic E-state index is 12.1. The van der Waals surface area contributed by atoms with Crippen molar-refractivity contribution in [3.05, 3.63) is 35.9 Å². The molecule has 128 valence electrons. The smallest absolute Gasteiger partial charge is 0.193 e. The average Bonchev–Trinajstić information content (AvgIpc) is 3.01. The Balaban J connectivity index is 1.85. The molecular formula is C18H29N3OS. The van der Waals surface area contributed by atoms with Crippen LogP contribution in [0.3, 0.4) is 0 Å². The van der Waals surface area contributed by atoms with Crippen molar-refractivity contribution >= 4 is 16.8 Å². The van der Waals surface area contributed by atoms with E-state index in [0.29, 0.717) is 18.2 Å². The first-order valence-corrected chi connectivity index (χ1v) is 9.62. The lowest BCUT2D eigenvalue weighted by molar-refractivity contribution is 0.488. The van der Waals surface area contributed by atoms with Gasteiger partial charge in [0.1, 0.15) is 0 Å². The number of likely N-dealkylation sites (tertiary alicyclic amines) is 1. The molecule has 1 aliphatic heterocycles. The van der Waals surface area contributed by atoms with E-state index in [1.54, 1.807) is 0 Å². The molecule has 0 saturated carbocycles. The number of benzene rings is 1. The van der Waals surface area contributed by atoms with Gasteiger partial charge in [0.2, 0.25) is 0 Å². The van der Waals surface area contributed by atoms with Gasteiger partial charge in [-0.2, -0.15) is 0 Å². The van der Waals surface area contributed by atoms with E-state index in [9.17, 15) is 4.21 Å². The van der Waals surface area contributed by atoms with E-state index in [0.717, 1.165) is 25.5 Å². The van der Waals surface area contributed by atoms with Crippen LogP contribution in [0.25, 0.3) is 0 Å². The highest BCUT2D eigenvalue weighted by atomic mass is 32.2. The largest absolute Gasteiger partial charge is 0.355 e. The topological polar surface area (TPSA) is 44.7 Å². The second kappa shape index (κ2) is 7.95. The Bertz CT molecular complexity index is 551. The van der Waals surface area contributed by atoms with Crippen LogP contribution in [0.4, 0.5) is 0 Å². The number of hydrogen-bond donors (Lipinski definition) is 1. The number of rotatable bonds is 4. The van der Waals surface area contributed by atoms with Gasteiger partial charge in [0.15, 0.2) is 5.96 Å². The van der Waals surface area contributed by atoms with Crippen molar-refractivity contribution in [1.82, 2.24) is 10.2 Å². The fraction of sp³-hybridized carbons (Fsp3) is 0.611. The molecule has 0 radical (unpaired) electrons. The van der Waals surface area contributed by atoms with Gasteiger partial charge in [0.05, 0.1) is 0 Å². The van der Waals surface area contributed by atoms with Gasteiger partial charge >= 0.3 is 0 Å². The predicted molar refractivity (Wildman–Crippen MR) is 99.5 cm³/mol. The number of aliphatic imine (C=N–C) groups is 1. The van der Waals surface area contributed by atoms with Crippen molar-refractivity contribution in [1.29, 1.82) is 0 Å². The summed E-state index contributed by atoms with van der Waals surface area (Å²) in [6, 6.07) is 10.7. The highest BCUT2D eigenvalue weighted by molar-refractivity contribution is 7.86. The third-order valence-electron chi connectivity index (χ3n) is 4.22. The molecule has 0 bridgehead atoms. The summed E-state index contributed by atoms with van der Waals surface area (Å²) in [6.45, 7) is 8.76. The first-order valence-electron chi connectivity index (χ1n) is 8.31.